The van der Waals surface area contributed by atoms with Gasteiger partial charge in [-0.05, 0) is 44.5 Å². The summed E-state index contributed by atoms with van der Waals surface area (Å²) in [5.41, 5.74) is 3.21. The summed E-state index contributed by atoms with van der Waals surface area (Å²) in [5.74, 6) is 0.154. The number of amides is 2. The van der Waals surface area contributed by atoms with E-state index in [0.29, 0.717) is 11.4 Å². The smallest absolute Gasteiger partial charge is 0.254 e. The highest BCUT2D eigenvalue weighted by molar-refractivity contribution is 5.99. The number of aromatic nitrogens is 2. The van der Waals surface area contributed by atoms with Crippen LogP contribution < -0.4 is 5.32 Å². The minimum atomic E-state index is -0.266. The van der Waals surface area contributed by atoms with Gasteiger partial charge in [0, 0.05) is 23.1 Å². The molecule has 0 fully saturated rings. The van der Waals surface area contributed by atoms with Crippen LogP contribution in [0.5, 0.6) is 0 Å². The van der Waals surface area contributed by atoms with Gasteiger partial charge >= 0.3 is 0 Å². The molecule has 32 heavy (non-hydrogen) atoms. The van der Waals surface area contributed by atoms with Crippen molar-refractivity contribution in [2.24, 2.45) is 0 Å². The third kappa shape index (κ3) is 5.25. The number of carbonyl (C=O) groups is 2. The number of benzene rings is 2. The number of carbonyl (C=O) groups excluding carboxylic acids is 2. The first-order valence-electron chi connectivity index (χ1n) is 10.9. The van der Waals surface area contributed by atoms with Gasteiger partial charge in [-0.3, -0.25) is 9.59 Å². The lowest BCUT2D eigenvalue weighted by atomic mass is 9.92. The molecule has 2 aromatic carbocycles. The second-order valence-electron chi connectivity index (χ2n) is 9.30. The molecular formula is C26H32N4O2. The predicted octanol–water partition coefficient (Wildman–Crippen LogP) is 4.97. The number of aryl methyl sites for hydroxylation is 1. The minimum Gasteiger partial charge on any atom is -0.327 e. The lowest BCUT2D eigenvalue weighted by molar-refractivity contribution is -0.117. The first-order valence-corrected chi connectivity index (χ1v) is 10.9. The van der Waals surface area contributed by atoms with Crippen LogP contribution in [0.1, 0.15) is 56.2 Å². The van der Waals surface area contributed by atoms with Crippen molar-refractivity contribution in [3.05, 3.63) is 77.5 Å². The normalized spacial score (nSPS) is 11.5. The van der Waals surface area contributed by atoms with Gasteiger partial charge in [0.25, 0.3) is 5.91 Å². The molecule has 1 heterocycles. The van der Waals surface area contributed by atoms with Crippen molar-refractivity contribution in [3.8, 4) is 5.69 Å². The molecule has 0 saturated heterocycles. The number of nitrogens with zero attached hydrogens (tertiary/aromatic N) is 3. The van der Waals surface area contributed by atoms with Gasteiger partial charge in [-0.15, -0.1) is 0 Å². The number of anilines is 1. The molecule has 1 aromatic heterocycles. The van der Waals surface area contributed by atoms with Gasteiger partial charge in [-0.2, -0.15) is 5.10 Å². The van der Waals surface area contributed by atoms with E-state index in [1.165, 1.54) is 0 Å². The van der Waals surface area contributed by atoms with Crippen molar-refractivity contribution in [1.29, 1.82) is 0 Å². The zero-order valence-electron chi connectivity index (χ0n) is 19.7. The minimum absolute atomic E-state index is 0.0464. The van der Waals surface area contributed by atoms with Crippen LogP contribution in [0.2, 0.25) is 0 Å². The summed E-state index contributed by atoms with van der Waals surface area (Å²) in [6.45, 7) is 12.0. The maximum atomic E-state index is 13.0. The molecule has 3 rings (SSSR count). The molecule has 6 nitrogen and oxygen atoms in total. The largest absolute Gasteiger partial charge is 0.327 e. The van der Waals surface area contributed by atoms with Crippen LogP contribution in [0.3, 0.4) is 0 Å². The van der Waals surface area contributed by atoms with Crippen LogP contribution in [-0.4, -0.2) is 39.1 Å². The van der Waals surface area contributed by atoms with E-state index < -0.39 is 0 Å². The van der Waals surface area contributed by atoms with Gasteiger partial charge in [-0.25, -0.2) is 4.68 Å². The molecule has 6 heteroatoms. The second kappa shape index (κ2) is 9.39. The molecule has 0 aliphatic rings. The molecule has 168 valence electrons. The summed E-state index contributed by atoms with van der Waals surface area (Å²) < 4.78 is 1.77. The molecule has 0 atom stereocenters. The van der Waals surface area contributed by atoms with Gasteiger partial charge < -0.3 is 10.2 Å². The summed E-state index contributed by atoms with van der Waals surface area (Å²) in [7, 11) is 0. The van der Waals surface area contributed by atoms with E-state index in [1.54, 1.807) is 21.7 Å². The van der Waals surface area contributed by atoms with Crippen LogP contribution in [-0.2, 0) is 10.2 Å². The second-order valence-corrected chi connectivity index (χ2v) is 9.30. The SMILES string of the molecule is Cc1ccccc1-n1nc(C(C)(C)C)cc1NC(=O)CN(C(=O)c1ccccc1)C(C)C. The van der Waals surface area contributed by atoms with Crippen molar-refractivity contribution in [1.82, 2.24) is 14.7 Å². The fraction of sp³-hybridized carbons (Fsp3) is 0.346. The van der Waals surface area contributed by atoms with E-state index in [9.17, 15) is 9.59 Å². The molecule has 0 radical (unpaired) electrons. The molecule has 0 saturated carbocycles. The van der Waals surface area contributed by atoms with Gasteiger partial charge in [0.2, 0.25) is 5.91 Å². The Bertz CT molecular complexity index is 1090. The molecular weight excluding hydrogens is 400 g/mol. The molecule has 2 amide bonds. The van der Waals surface area contributed by atoms with E-state index >= 15 is 0 Å². The first-order chi connectivity index (χ1) is 15.1. The molecule has 0 spiro atoms. The molecule has 0 aliphatic heterocycles. The van der Waals surface area contributed by atoms with Crippen molar-refractivity contribution in [2.45, 2.75) is 53.0 Å². The Balaban J connectivity index is 1.88. The standard InChI is InChI=1S/C26H32N4O2/c1-18(2)29(25(32)20-13-8-7-9-14-20)17-24(31)27-23-16-22(26(4,5)6)28-30(23)21-15-11-10-12-19(21)3/h7-16,18H,17H2,1-6H3,(H,27,31). The Morgan fingerprint density at radius 2 is 1.66 bits per heavy atom. The van der Waals surface area contributed by atoms with Crippen LogP contribution in [0.4, 0.5) is 5.82 Å². The molecule has 0 unspecified atom stereocenters. The maximum absolute atomic E-state index is 13.0. The summed E-state index contributed by atoms with van der Waals surface area (Å²) >= 11 is 0. The van der Waals surface area contributed by atoms with E-state index in [4.69, 9.17) is 5.10 Å². The highest BCUT2D eigenvalue weighted by Gasteiger charge is 2.25. The Morgan fingerprint density at radius 3 is 2.25 bits per heavy atom. The Kier molecular flexibility index (Phi) is 6.82. The summed E-state index contributed by atoms with van der Waals surface area (Å²) in [6, 6.07) is 18.7. The van der Waals surface area contributed by atoms with Gasteiger partial charge in [0.05, 0.1) is 11.4 Å². The average Bonchev–Trinajstić information content (AvgIpc) is 3.16. The zero-order chi connectivity index (χ0) is 23.5. The third-order valence-corrected chi connectivity index (χ3v) is 5.31. The van der Waals surface area contributed by atoms with Gasteiger partial charge in [0.15, 0.2) is 0 Å². The van der Waals surface area contributed by atoms with E-state index in [-0.39, 0.29) is 29.8 Å². The molecule has 0 bridgehead atoms. The number of nitrogens with one attached hydrogen (secondary N) is 1. The van der Waals surface area contributed by atoms with Crippen LogP contribution in [0.15, 0.2) is 60.7 Å². The lowest BCUT2D eigenvalue weighted by Gasteiger charge is -2.26. The lowest BCUT2D eigenvalue weighted by Crippen LogP contribution is -2.42. The summed E-state index contributed by atoms with van der Waals surface area (Å²) in [5, 5.41) is 7.77. The third-order valence-electron chi connectivity index (χ3n) is 5.31. The van der Waals surface area contributed by atoms with E-state index in [2.05, 4.69) is 26.1 Å². The quantitative estimate of drug-likeness (QED) is 0.598. The predicted molar refractivity (Wildman–Crippen MR) is 128 cm³/mol. The van der Waals surface area contributed by atoms with E-state index in [0.717, 1.165) is 16.9 Å². The van der Waals surface area contributed by atoms with Crippen molar-refractivity contribution in [3.63, 3.8) is 0 Å². The Morgan fingerprint density at radius 1 is 1.03 bits per heavy atom. The highest BCUT2D eigenvalue weighted by atomic mass is 16.2. The number of para-hydroxylation sites is 1. The maximum Gasteiger partial charge on any atom is 0.254 e. The Labute approximate surface area is 190 Å². The summed E-state index contributed by atoms with van der Waals surface area (Å²) in [4.78, 5) is 27.6. The van der Waals surface area contributed by atoms with Gasteiger partial charge in [0.1, 0.15) is 12.4 Å². The van der Waals surface area contributed by atoms with Crippen LogP contribution in [0.25, 0.3) is 5.69 Å². The number of rotatable bonds is 6. The highest BCUT2D eigenvalue weighted by Crippen LogP contribution is 2.27. The van der Waals surface area contributed by atoms with Crippen molar-refractivity contribution in [2.75, 3.05) is 11.9 Å². The molecule has 1 N–H and O–H groups in total. The zero-order valence-corrected chi connectivity index (χ0v) is 19.7. The van der Waals surface area contributed by atoms with E-state index in [1.807, 2.05) is 69.3 Å². The number of hydrogen-bond donors (Lipinski definition) is 1. The molecule has 3 aromatic rings. The fourth-order valence-corrected chi connectivity index (χ4v) is 3.39. The Hall–Kier alpha value is -3.41. The van der Waals surface area contributed by atoms with Crippen LogP contribution in [0, 0.1) is 6.92 Å². The van der Waals surface area contributed by atoms with Crippen molar-refractivity contribution < 1.29 is 9.59 Å². The average molecular weight is 433 g/mol. The first kappa shape index (κ1) is 23.3. The monoisotopic (exact) mass is 432 g/mol. The summed E-state index contributed by atoms with van der Waals surface area (Å²) in [6.07, 6.45) is 0. The van der Waals surface area contributed by atoms with Crippen LogP contribution >= 0.6 is 0 Å². The molecule has 0 aliphatic carbocycles. The van der Waals surface area contributed by atoms with Crippen molar-refractivity contribution >= 4 is 17.6 Å². The number of hydrogen-bond acceptors (Lipinski definition) is 3. The fourth-order valence-electron chi connectivity index (χ4n) is 3.39. The van der Waals surface area contributed by atoms with Gasteiger partial charge in [-0.1, -0.05) is 57.2 Å². The topological polar surface area (TPSA) is 67.2 Å².